The molecule has 2 saturated heterocycles. The maximum atomic E-state index is 14.0. The molecule has 2 aromatic carbocycles. The first-order chi connectivity index (χ1) is 26.7. The Bertz CT molecular complexity index is 2140. The molecule has 55 heavy (non-hydrogen) atoms. The van der Waals surface area contributed by atoms with Gasteiger partial charge >= 0.3 is 0 Å². The molecule has 11 heteroatoms. The van der Waals surface area contributed by atoms with E-state index in [2.05, 4.69) is 80.4 Å². The molecule has 3 aliphatic rings. The van der Waals surface area contributed by atoms with Gasteiger partial charge in [-0.25, -0.2) is 13.8 Å². The van der Waals surface area contributed by atoms with Crippen LogP contribution in [0.1, 0.15) is 75.7 Å². The highest BCUT2D eigenvalue weighted by atomic mass is 19.1. The van der Waals surface area contributed by atoms with Crippen LogP contribution in [0.5, 0.6) is 0 Å². The number of nitrogens with one attached hydrogen (secondary N) is 1. The summed E-state index contributed by atoms with van der Waals surface area (Å²) in [4.78, 5) is 17.5. The Morgan fingerprint density at radius 2 is 1.65 bits per heavy atom. The number of fused-ring (bicyclic) bond motifs is 1. The molecule has 8 rings (SSSR count). The van der Waals surface area contributed by atoms with Crippen molar-refractivity contribution in [1.29, 1.82) is 0 Å². The van der Waals surface area contributed by atoms with Crippen molar-refractivity contribution in [2.75, 3.05) is 47.8 Å². The van der Waals surface area contributed by atoms with Crippen LogP contribution in [0.3, 0.4) is 0 Å². The van der Waals surface area contributed by atoms with Gasteiger partial charge < -0.3 is 19.7 Å². The van der Waals surface area contributed by atoms with Crippen LogP contribution in [0.15, 0.2) is 61.3 Å². The number of aromatic nitrogens is 5. The molecule has 3 fully saturated rings. The number of piperidine rings is 1. The van der Waals surface area contributed by atoms with Gasteiger partial charge in [0.15, 0.2) is 0 Å². The van der Waals surface area contributed by atoms with Gasteiger partial charge in [0.25, 0.3) is 0 Å². The van der Waals surface area contributed by atoms with Crippen LogP contribution in [-0.4, -0.2) is 74.0 Å². The van der Waals surface area contributed by atoms with Gasteiger partial charge in [0.1, 0.15) is 11.6 Å². The minimum Gasteiger partial charge on any atom is -0.371 e. The molecular weight excluding hydrogens is 693 g/mol. The van der Waals surface area contributed by atoms with Crippen LogP contribution in [0, 0.1) is 24.5 Å². The van der Waals surface area contributed by atoms with E-state index in [1.165, 1.54) is 36.4 Å². The number of rotatable bonds is 13. The smallest absolute Gasteiger partial charge is 0.208 e. The van der Waals surface area contributed by atoms with Crippen molar-refractivity contribution < 1.29 is 8.78 Å². The molecule has 0 amide bonds. The molecule has 3 aromatic heterocycles. The van der Waals surface area contributed by atoms with Gasteiger partial charge in [0.05, 0.1) is 22.9 Å². The largest absolute Gasteiger partial charge is 0.371 e. The Labute approximate surface area is 324 Å². The number of pyridine rings is 1. The summed E-state index contributed by atoms with van der Waals surface area (Å²) in [7, 11) is 2.00. The van der Waals surface area contributed by atoms with Crippen LogP contribution in [0.25, 0.3) is 28.0 Å². The van der Waals surface area contributed by atoms with Crippen molar-refractivity contribution in [1.82, 2.24) is 29.2 Å². The number of nitrogens with zero attached hydrogens (tertiary/aromatic N) is 8. The van der Waals surface area contributed by atoms with Crippen molar-refractivity contribution in [3.63, 3.8) is 0 Å². The highest BCUT2D eigenvalue weighted by Crippen LogP contribution is 2.36. The SMILES string of the molecule is C=C(Nc1nc2ccc(N3CCN(C4CCN(c5cc(F)cc(F)c5)CC4)C(CCC)C3)cc2n1CC1CC1)c1cc(C)nc(-c2cnn(C)c2CCC)c1. The van der Waals surface area contributed by atoms with Crippen LogP contribution in [0.4, 0.5) is 26.1 Å². The molecule has 0 radical (unpaired) electrons. The van der Waals surface area contributed by atoms with Gasteiger partial charge in [0.2, 0.25) is 5.95 Å². The van der Waals surface area contributed by atoms with Gasteiger partial charge in [-0.3, -0.25) is 14.6 Å². The van der Waals surface area contributed by atoms with Gasteiger partial charge in [-0.1, -0.05) is 33.3 Å². The van der Waals surface area contributed by atoms with E-state index >= 15 is 0 Å². The Morgan fingerprint density at radius 3 is 2.38 bits per heavy atom. The van der Waals surface area contributed by atoms with E-state index < -0.39 is 11.6 Å². The first-order valence-electron chi connectivity index (χ1n) is 20.4. The molecule has 290 valence electrons. The second-order valence-electron chi connectivity index (χ2n) is 16.0. The predicted octanol–water partition coefficient (Wildman–Crippen LogP) is 8.82. The highest BCUT2D eigenvalue weighted by molar-refractivity contribution is 5.85. The molecule has 1 saturated carbocycles. The van der Waals surface area contributed by atoms with E-state index in [9.17, 15) is 8.78 Å². The molecule has 0 spiro atoms. The summed E-state index contributed by atoms with van der Waals surface area (Å²) in [5.41, 5.74) is 9.93. The number of imidazole rings is 1. The third kappa shape index (κ3) is 7.99. The number of piperazine rings is 1. The number of hydrogen-bond acceptors (Lipinski definition) is 7. The minimum atomic E-state index is -0.514. The summed E-state index contributed by atoms with van der Waals surface area (Å²) < 4.78 is 32.2. The predicted molar refractivity (Wildman–Crippen MR) is 219 cm³/mol. The van der Waals surface area contributed by atoms with E-state index in [1.54, 1.807) is 0 Å². The molecular formula is C44H55F2N9. The fraction of sp³-hybridized carbons (Fsp3) is 0.477. The summed E-state index contributed by atoms with van der Waals surface area (Å²) in [6.45, 7) is 16.5. The number of hydrogen-bond donors (Lipinski definition) is 1. The van der Waals surface area contributed by atoms with Crippen molar-refractivity contribution in [3.05, 3.63) is 89.9 Å². The Kier molecular flexibility index (Phi) is 10.7. The number of aryl methyl sites for hydroxylation is 2. The molecule has 1 unspecified atom stereocenters. The van der Waals surface area contributed by atoms with Crippen molar-refractivity contribution in [2.45, 2.75) is 90.8 Å². The van der Waals surface area contributed by atoms with Crippen molar-refractivity contribution in [2.24, 2.45) is 13.0 Å². The van der Waals surface area contributed by atoms with Gasteiger partial charge in [-0.2, -0.15) is 5.10 Å². The lowest BCUT2D eigenvalue weighted by Crippen LogP contribution is -2.58. The zero-order valence-corrected chi connectivity index (χ0v) is 32.9. The second kappa shape index (κ2) is 15.8. The maximum absolute atomic E-state index is 14.0. The van der Waals surface area contributed by atoms with E-state index in [-0.39, 0.29) is 0 Å². The van der Waals surface area contributed by atoms with E-state index in [1.807, 2.05) is 24.9 Å². The normalized spacial score (nSPS) is 18.4. The Morgan fingerprint density at radius 1 is 0.873 bits per heavy atom. The molecule has 2 aliphatic heterocycles. The van der Waals surface area contributed by atoms with E-state index in [0.29, 0.717) is 23.7 Å². The average Bonchev–Trinajstić information content (AvgIpc) is 3.84. The van der Waals surface area contributed by atoms with Crippen LogP contribution < -0.4 is 15.1 Å². The minimum absolute atomic E-state index is 0.452. The average molecular weight is 748 g/mol. The highest BCUT2D eigenvalue weighted by Gasteiger charge is 2.34. The summed E-state index contributed by atoms with van der Waals surface area (Å²) in [5, 5.41) is 8.18. The molecule has 1 N–H and O–H groups in total. The summed E-state index contributed by atoms with van der Waals surface area (Å²) in [6, 6.07) is 15.8. The monoisotopic (exact) mass is 747 g/mol. The fourth-order valence-corrected chi connectivity index (χ4v) is 8.90. The molecule has 0 bridgehead atoms. The zero-order valence-electron chi connectivity index (χ0n) is 32.9. The molecule has 9 nitrogen and oxygen atoms in total. The summed E-state index contributed by atoms with van der Waals surface area (Å²) in [5.74, 6) is 0.462. The number of halogens is 2. The lowest BCUT2D eigenvalue weighted by molar-refractivity contribution is 0.0946. The second-order valence-corrected chi connectivity index (χ2v) is 16.0. The van der Waals surface area contributed by atoms with Gasteiger partial charge in [-0.05, 0) is 93.8 Å². The first-order valence-corrected chi connectivity index (χ1v) is 20.4. The van der Waals surface area contributed by atoms with Gasteiger partial charge in [0, 0.05) is 104 Å². The van der Waals surface area contributed by atoms with Crippen molar-refractivity contribution in [3.8, 4) is 11.3 Å². The van der Waals surface area contributed by atoms with Gasteiger partial charge in [-0.15, -0.1) is 0 Å². The lowest BCUT2D eigenvalue weighted by atomic mass is 9.96. The van der Waals surface area contributed by atoms with Crippen LogP contribution >= 0.6 is 0 Å². The summed E-state index contributed by atoms with van der Waals surface area (Å²) in [6.07, 6.45) is 10.7. The molecule has 5 aromatic rings. The number of anilines is 3. The van der Waals surface area contributed by atoms with Crippen LogP contribution in [0.2, 0.25) is 0 Å². The standard InChI is InChI=1S/C44H55F2N9/c1-6-8-37-28-53(18-19-54(37)35-14-16-52(17-15-35)38-23-33(45)22-34(46)24-38)36-12-13-40-43(25-36)55(27-31-10-11-31)44(50-40)49-30(4)32-20-29(3)48-41(21-32)39-26-47-51(5)42(39)9-7-2/h12-13,20-26,31,35,37H,4,6-11,14-19,27-28H2,1-3,5H3,(H,49,50). The third-order valence-corrected chi connectivity index (χ3v) is 11.9. The van der Waals surface area contributed by atoms with E-state index in [0.717, 1.165) is 129 Å². The Balaban J connectivity index is 0.995. The Hall–Kier alpha value is -4.77. The third-order valence-electron chi connectivity index (χ3n) is 11.9. The van der Waals surface area contributed by atoms with Crippen molar-refractivity contribution >= 4 is 34.1 Å². The molecule has 5 heterocycles. The lowest BCUT2D eigenvalue weighted by Gasteiger charge is -2.48. The topological polar surface area (TPSA) is 70.3 Å². The molecule has 1 atom stereocenters. The summed E-state index contributed by atoms with van der Waals surface area (Å²) >= 11 is 0. The maximum Gasteiger partial charge on any atom is 0.208 e. The zero-order chi connectivity index (χ0) is 38.2. The first kappa shape index (κ1) is 37.2. The number of benzene rings is 2. The van der Waals surface area contributed by atoms with Crippen LogP contribution in [-0.2, 0) is 20.0 Å². The molecule has 1 aliphatic carbocycles. The van der Waals surface area contributed by atoms with E-state index in [4.69, 9.17) is 9.97 Å². The fourth-order valence-electron chi connectivity index (χ4n) is 8.90. The quantitative estimate of drug-likeness (QED) is 0.129.